The summed E-state index contributed by atoms with van der Waals surface area (Å²) < 4.78 is 1.91. The maximum atomic E-state index is 11.7. The molecule has 1 aromatic carbocycles. The predicted molar refractivity (Wildman–Crippen MR) is 106 cm³/mol. The van der Waals surface area contributed by atoms with Crippen LogP contribution in [0.5, 0.6) is 0 Å². The van der Waals surface area contributed by atoms with Crippen molar-refractivity contribution >= 4 is 11.9 Å². The van der Waals surface area contributed by atoms with Crippen molar-refractivity contribution in [2.24, 2.45) is 5.92 Å². The second kappa shape index (κ2) is 9.50. The summed E-state index contributed by atoms with van der Waals surface area (Å²) in [4.78, 5) is 27.4. The van der Waals surface area contributed by atoms with E-state index in [2.05, 4.69) is 28.5 Å². The summed E-state index contributed by atoms with van der Waals surface area (Å²) in [6, 6.07) is 4.37. The van der Waals surface area contributed by atoms with Gasteiger partial charge in [0.05, 0.1) is 6.33 Å². The first-order chi connectivity index (χ1) is 13.2. The smallest absolute Gasteiger partial charge is 0.321 e. The third-order valence-electron chi connectivity index (χ3n) is 4.55. The molecule has 2 atom stereocenters. The number of aryl methyl sites for hydroxylation is 2. The number of hydrogen-bond donors (Lipinski definition) is 3. The molecule has 0 bridgehead atoms. The molecule has 0 aliphatic rings. The van der Waals surface area contributed by atoms with Gasteiger partial charge in [-0.15, -0.1) is 0 Å². The van der Waals surface area contributed by atoms with Gasteiger partial charge in [0, 0.05) is 24.9 Å². The fraction of sp³-hybridized carbons (Fsp3) is 0.476. The van der Waals surface area contributed by atoms with Crippen LogP contribution in [0.1, 0.15) is 42.7 Å². The average molecular weight is 387 g/mol. The zero-order valence-electron chi connectivity index (χ0n) is 16.8. The van der Waals surface area contributed by atoms with Gasteiger partial charge in [0.15, 0.2) is 0 Å². The van der Waals surface area contributed by atoms with Gasteiger partial charge in [-0.25, -0.2) is 4.98 Å². The predicted octanol–water partition coefficient (Wildman–Crippen LogP) is 2.63. The number of carbonyl (C=O) groups is 2. The Labute approximate surface area is 165 Å². The molecule has 0 amide bonds. The standard InChI is InChI=1S/C21H29N3O4/c1-13(2)5-18(20(25)26)23-19(21(27)28)9-17-10-22-12-24(17)11-16-7-14(3)6-15(4)8-16/h6-8,10,12-13,18-19,23H,5,9,11H2,1-4H3,(H,25,26)(H,27,28). The summed E-state index contributed by atoms with van der Waals surface area (Å²) in [5.41, 5.74) is 4.19. The number of carboxylic acids is 2. The Bertz CT molecular complexity index is 809. The third kappa shape index (κ3) is 6.20. The van der Waals surface area contributed by atoms with Crippen LogP contribution in [0.25, 0.3) is 0 Å². The largest absolute Gasteiger partial charge is 0.480 e. The highest BCUT2D eigenvalue weighted by Gasteiger charge is 2.27. The molecular formula is C21H29N3O4. The second-order valence-corrected chi connectivity index (χ2v) is 7.79. The maximum absolute atomic E-state index is 11.7. The molecule has 0 aliphatic heterocycles. The number of nitrogens with one attached hydrogen (secondary N) is 1. The normalized spacial score (nSPS) is 13.5. The summed E-state index contributed by atoms with van der Waals surface area (Å²) >= 11 is 0. The topological polar surface area (TPSA) is 104 Å². The van der Waals surface area contributed by atoms with Gasteiger partial charge in [0.1, 0.15) is 12.1 Å². The summed E-state index contributed by atoms with van der Waals surface area (Å²) in [5, 5.41) is 21.8. The molecule has 0 fully saturated rings. The number of nitrogens with zero attached hydrogens (tertiary/aromatic N) is 2. The highest BCUT2D eigenvalue weighted by atomic mass is 16.4. The van der Waals surface area contributed by atoms with E-state index >= 15 is 0 Å². The first kappa shape index (κ1) is 21.6. The van der Waals surface area contributed by atoms with Gasteiger partial charge in [0.2, 0.25) is 0 Å². The minimum absolute atomic E-state index is 0.137. The molecule has 3 N–H and O–H groups in total. The summed E-state index contributed by atoms with van der Waals surface area (Å²) in [6.07, 6.45) is 3.83. The fourth-order valence-electron chi connectivity index (χ4n) is 3.40. The molecule has 0 saturated carbocycles. The Morgan fingerprint density at radius 1 is 1.07 bits per heavy atom. The summed E-state index contributed by atoms with van der Waals surface area (Å²) in [7, 11) is 0. The van der Waals surface area contributed by atoms with Gasteiger partial charge in [-0.1, -0.05) is 43.2 Å². The maximum Gasteiger partial charge on any atom is 0.321 e. The lowest BCUT2D eigenvalue weighted by molar-refractivity contribution is -0.142. The number of aromatic nitrogens is 2. The van der Waals surface area contributed by atoms with E-state index in [1.807, 2.05) is 32.3 Å². The van der Waals surface area contributed by atoms with Gasteiger partial charge in [-0.05, 0) is 31.7 Å². The first-order valence-electron chi connectivity index (χ1n) is 9.43. The molecule has 7 heteroatoms. The number of hydrogen-bond acceptors (Lipinski definition) is 4. The van der Waals surface area contributed by atoms with Crippen LogP contribution in [0.2, 0.25) is 0 Å². The van der Waals surface area contributed by atoms with Crippen molar-refractivity contribution in [3.63, 3.8) is 0 Å². The molecule has 2 rings (SSSR count). The second-order valence-electron chi connectivity index (χ2n) is 7.79. The van der Waals surface area contributed by atoms with Crippen molar-refractivity contribution in [3.05, 3.63) is 53.1 Å². The lowest BCUT2D eigenvalue weighted by Crippen LogP contribution is -2.49. The zero-order chi connectivity index (χ0) is 20.8. The van der Waals surface area contributed by atoms with E-state index in [1.54, 1.807) is 12.5 Å². The van der Waals surface area contributed by atoms with Crippen molar-refractivity contribution in [2.45, 2.75) is 59.2 Å². The zero-order valence-corrected chi connectivity index (χ0v) is 16.8. The van der Waals surface area contributed by atoms with Crippen LogP contribution < -0.4 is 5.32 Å². The number of benzene rings is 1. The van der Waals surface area contributed by atoms with Gasteiger partial charge < -0.3 is 14.8 Å². The quantitative estimate of drug-likeness (QED) is 0.579. The minimum Gasteiger partial charge on any atom is -0.480 e. The molecule has 1 heterocycles. The van der Waals surface area contributed by atoms with E-state index in [9.17, 15) is 19.8 Å². The van der Waals surface area contributed by atoms with E-state index < -0.39 is 24.0 Å². The Balaban J connectivity index is 2.17. The third-order valence-corrected chi connectivity index (χ3v) is 4.55. The van der Waals surface area contributed by atoms with Crippen LogP contribution in [0.15, 0.2) is 30.7 Å². The molecule has 28 heavy (non-hydrogen) atoms. The van der Waals surface area contributed by atoms with Crippen molar-refractivity contribution < 1.29 is 19.8 Å². The highest BCUT2D eigenvalue weighted by Crippen LogP contribution is 2.14. The molecular weight excluding hydrogens is 358 g/mol. The van der Waals surface area contributed by atoms with Crippen LogP contribution in [-0.2, 0) is 22.6 Å². The summed E-state index contributed by atoms with van der Waals surface area (Å²) in [6.45, 7) is 8.48. The monoisotopic (exact) mass is 387 g/mol. The lowest BCUT2D eigenvalue weighted by Gasteiger charge is -2.22. The van der Waals surface area contributed by atoms with Crippen molar-refractivity contribution in [1.82, 2.24) is 14.9 Å². The molecule has 2 unspecified atom stereocenters. The molecule has 0 spiro atoms. The molecule has 0 aliphatic carbocycles. The molecule has 7 nitrogen and oxygen atoms in total. The number of aliphatic carboxylic acids is 2. The van der Waals surface area contributed by atoms with Gasteiger partial charge in [-0.2, -0.15) is 0 Å². The SMILES string of the molecule is Cc1cc(C)cc(Cn2cncc2CC(NC(CC(C)C)C(=O)O)C(=O)O)c1. The Morgan fingerprint density at radius 2 is 1.68 bits per heavy atom. The highest BCUT2D eigenvalue weighted by molar-refractivity contribution is 5.77. The van der Waals surface area contributed by atoms with E-state index in [0.717, 1.165) is 11.3 Å². The lowest BCUT2D eigenvalue weighted by atomic mass is 10.0. The van der Waals surface area contributed by atoms with E-state index in [-0.39, 0.29) is 12.3 Å². The molecule has 0 radical (unpaired) electrons. The van der Waals surface area contributed by atoms with Gasteiger partial charge in [0.25, 0.3) is 0 Å². The Morgan fingerprint density at radius 3 is 2.21 bits per heavy atom. The Kier molecular flexibility index (Phi) is 7.34. The molecule has 2 aromatic rings. The average Bonchev–Trinajstić information content (AvgIpc) is 2.98. The molecule has 152 valence electrons. The number of carboxylic acid groups (broad SMARTS) is 2. The summed E-state index contributed by atoms with van der Waals surface area (Å²) in [5.74, 6) is -1.98. The number of rotatable bonds is 10. The van der Waals surface area contributed by atoms with Crippen LogP contribution in [0.3, 0.4) is 0 Å². The van der Waals surface area contributed by atoms with Crippen LogP contribution in [-0.4, -0.2) is 43.8 Å². The molecule has 0 saturated heterocycles. The Hall–Kier alpha value is -2.67. The van der Waals surface area contributed by atoms with Gasteiger partial charge >= 0.3 is 11.9 Å². The van der Waals surface area contributed by atoms with Crippen LogP contribution in [0.4, 0.5) is 0 Å². The first-order valence-corrected chi connectivity index (χ1v) is 9.43. The molecule has 1 aromatic heterocycles. The number of imidazole rings is 1. The van der Waals surface area contributed by atoms with Crippen LogP contribution >= 0.6 is 0 Å². The van der Waals surface area contributed by atoms with E-state index in [0.29, 0.717) is 13.0 Å². The van der Waals surface area contributed by atoms with Gasteiger partial charge in [-0.3, -0.25) is 14.9 Å². The minimum atomic E-state index is -1.07. The van der Waals surface area contributed by atoms with Crippen LogP contribution in [0, 0.1) is 19.8 Å². The van der Waals surface area contributed by atoms with E-state index in [4.69, 9.17) is 0 Å². The van der Waals surface area contributed by atoms with Crippen molar-refractivity contribution in [1.29, 1.82) is 0 Å². The van der Waals surface area contributed by atoms with Crippen molar-refractivity contribution in [3.8, 4) is 0 Å². The van der Waals surface area contributed by atoms with E-state index in [1.165, 1.54) is 11.1 Å². The van der Waals surface area contributed by atoms with Crippen molar-refractivity contribution in [2.75, 3.05) is 0 Å². The fourth-order valence-corrected chi connectivity index (χ4v) is 3.40.